The molecule has 5 atom stereocenters. The first kappa shape index (κ1) is 28.2. The highest BCUT2D eigenvalue weighted by molar-refractivity contribution is 5.83. The van der Waals surface area contributed by atoms with Crippen molar-refractivity contribution >= 4 is 27.5 Å². The molecule has 0 spiro atoms. The minimum absolute atomic E-state index is 0.128. The lowest BCUT2D eigenvalue weighted by atomic mass is 9.96. The largest absolute Gasteiger partial charge is 0.388 e. The van der Waals surface area contributed by atoms with Crippen molar-refractivity contribution in [1.29, 1.82) is 0 Å². The van der Waals surface area contributed by atoms with Crippen molar-refractivity contribution in [2.45, 2.75) is 50.3 Å². The van der Waals surface area contributed by atoms with Crippen molar-refractivity contribution in [3.05, 3.63) is 96.1 Å². The molecule has 0 saturated carbocycles. The number of aliphatic hydroxyl groups is 1. The number of ether oxygens (including phenoxy) is 4. The highest BCUT2D eigenvalue weighted by Gasteiger charge is 2.47. The standard InChI is InChI=1S/C32H36N2O6/c1-37-20-27-30(36)31(38-18-21-10-12-23-6-2-4-8-25(23)16-21)29(34-28(35)14-15-33)32(40-27)39-19-22-11-13-24-7-3-5-9-26(24)17-22/h2-13,16-17,27,29-32,36H,14-15,18-20,33H2,1H3,(H,34,35)/t27-,29-,30-,31+,32?/m1/s1. The van der Waals surface area contributed by atoms with Crippen LogP contribution in [0.1, 0.15) is 17.5 Å². The normalized spacial score (nSPS) is 22.9. The predicted octanol–water partition coefficient (Wildman–Crippen LogP) is 3.66. The number of methoxy groups -OCH3 is 1. The van der Waals surface area contributed by atoms with Crippen molar-refractivity contribution in [3.63, 3.8) is 0 Å². The lowest BCUT2D eigenvalue weighted by Gasteiger charge is -2.44. The fraction of sp³-hybridized carbons (Fsp3) is 0.344. The van der Waals surface area contributed by atoms with Crippen LogP contribution in [0.4, 0.5) is 0 Å². The zero-order chi connectivity index (χ0) is 27.9. The second kappa shape index (κ2) is 13.3. The summed E-state index contributed by atoms with van der Waals surface area (Å²) in [7, 11) is 1.54. The minimum atomic E-state index is -1.07. The van der Waals surface area contributed by atoms with Gasteiger partial charge in [0.1, 0.15) is 24.4 Å². The van der Waals surface area contributed by atoms with Crippen LogP contribution in [0.15, 0.2) is 84.9 Å². The molecule has 1 saturated heterocycles. The van der Waals surface area contributed by atoms with Gasteiger partial charge < -0.3 is 35.1 Å². The molecule has 0 radical (unpaired) electrons. The number of hydrogen-bond acceptors (Lipinski definition) is 7. The van der Waals surface area contributed by atoms with E-state index in [1.165, 1.54) is 0 Å². The van der Waals surface area contributed by atoms with Gasteiger partial charge in [-0.2, -0.15) is 0 Å². The summed E-state index contributed by atoms with van der Waals surface area (Å²) in [5, 5.41) is 18.7. The Bertz CT molecular complexity index is 1430. The van der Waals surface area contributed by atoms with E-state index in [1.807, 2.05) is 60.7 Å². The Hall–Kier alpha value is -3.37. The molecule has 1 aliphatic heterocycles. The Labute approximate surface area is 234 Å². The molecule has 5 rings (SSSR count). The molecule has 1 amide bonds. The van der Waals surface area contributed by atoms with Crippen LogP contribution in [0.5, 0.6) is 0 Å². The van der Waals surface area contributed by atoms with Crippen LogP contribution in [0.25, 0.3) is 21.5 Å². The lowest BCUT2D eigenvalue weighted by molar-refractivity contribution is -0.282. The van der Waals surface area contributed by atoms with Crippen LogP contribution >= 0.6 is 0 Å². The van der Waals surface area contributed by atoms with Crippen molar-refractivity contribution in [3.8, 4) is 0 Å². The molecule has 8 nitrogen and oxygen atoms in total. The van der Waals surface area contributed by atoms with E-state index >= 15 is 0 Å². The molecule has 40 heavy (non-hydrogen) atoms. The minimum Gasteiger partial charge on any atom is -0.388 e. The van der Waals surface area contributed by atoms with E-state index in [9.17, 15) is 9.90 Å². The summed E-state index contributed by atoms with van der Waals surface area (Å²) in [5.41, 5.74) is 7.53. The number of nitrogens with one attached hydrogen (secondary N) is 1. The maximum absolute atomic E-state index is 12.7. The van der Waals surface area contributed by atoms with Crippen LogP contribution in [0, 0.1) is 0 Å². The number of aliphatic hydroxyl groups excluding tert-OH is 1. The van der Waals surface area contributed by atoms with Crippen LogP contribution in [-0.4, -0.2) is 61.9 Å². The van der Waals surface area contributed by atoms with Crippen LogP contribution in [0.2, 0.25) is 0 Å². The average molecular weight is 545 g/mol. The third-order valence-corrected chi connectivity index (χ3v) is 7.19. The van der Waals surface area contributed by atoms with Gasteiger partial charge in [0, 0.05) is 20.1 Å². The fourth-order valence-electron chi connectivity index (χ4n) is 5.13. The molecule has 0 aliphatic carbocycles. The molecular weight excluding hydrogens is 508 g/mol. The molecule has 4 aromatic carbocycles. The van der Waals surface area contributed by atoms with Crippen molar-refractivity contribution in [2.24, 2.45) is 5.73 Å². The van der Waals surface area contributed by atoms with Gasteiger partial charge in [-0.1, -0.05) is 72.8 Å². The van der Waals surface area contributed by atoms with E-state index < -0.39 is 30.6 Å². The smallest absolute Gasteiger partial charge is 0.221 e. The summed E-state index contributed by atoms with van der Waals surface area (Å²) in [6.45, 7) is 0.800. The Morgan fingerprint density at radius 1 is 0.875 bits per heavy atom. The number of nitrogens with two attached hydrogens (primary N) is 1. The Balaban J connectivity index is 1.37. The summed E-state index contributed by atoms with van der Waals surface area (Å²) in [6.07, 6.45) is -3.36. The van der Waals surface area contributed by atoms with Gasteiger partial charge in [0.15, 0.2) is 6.29 Å². The molecule has 0 aromatic heterocycles. The quantitative estimate of drug-likeness (QED) is 0.264. The highest BCUT2D eigenvalue weighted by atomic mass is 16.7. The molecule has 4 N–H and O–H groups in total. The van der Waals surface area contributed by atoms with Gasteiger partial charge in [0.25, 0.3) is 0 Å². The summed E-state index contributed by atoms with van der Waals surface area (Å²) in [4.78, 5) is 12.7. The Morgan fingerprint density at radius 2 is 1.45 bits per heavy atom. The maximum Gasteiger partial charge on any atom is 0.221 e. The summed E-state index contributed by atoms with van der Waals surface area (Å²) >= 11 is 0. The molecule has 4 aromatic rings. The van der Waals surface area contributed by atoms with E-state index in [4.69, 9.17) is 24.7 Å². The number of rotatable bonds is 11. The average Bonchev–Trinajstić information content (AvgIpc) is 2.97. The van der Waals surface area contributed by atoms with Gasteiger partial charge in [-0.15, -0.1) is 0 Å². The monoisotopic (exact) mass is 544 g/mol. The van der Waals surface area contributed by atoms with Gasteiger partial charge in [-0.25, -0.2) is 0 Å². The molecule has 1 unspecified atom stereocenters. The summed E-state index contributed by atoms with van der Waals surface area (Å²) in [6, 6.07) is 27.6. The zero-order valence-electron chi connectivity index (χ0n) is 22.6. The molecule has 1 fully saturated rings. The Kier molecular flexibility index (Phi) is 9.38. The van der Waals surface area contributed by atoms with Crippen LogP contribution in [-0.2, 0) is 37.0 Å². The van der Waals surface area contributed by atoms with Gasteiger partial charge in [0.05, 0.1) is 19.8 Å². The number of carbonyl (C=O) groups excluding carboxylic acids is 1. The van der Waals surface area contributed by atoms with Crippen molar-refractivity contribution in [2.75, 3.05) is 20.3 Å². The molecule has 1 heterocycles. The van der Waals surface area contributed by atoms with E-state index in [0.717, 1.165) is 32.7 Å². The molecule has 210 valence electrons. The van der Waals surface area contributed by atoms with E-state index in [-0.39, 0.29) is 38.7 Å². The first-order chi connectivity index (χ1) is 19.6. The molecule has 1 aliphatic rings. The number of fused-ring (bicyclic) bond motifs is 2. The number of carbonyl (C=O) groups is 1. The summed E-state index contributed by atoms with van der Waals surface area (Å²) < 4.78 is 24.1. The van der Waals surface area contributed by atoms with Gasteiger partial charge in [-0.3, -0.25) is 4.79 Å². The van der Waals surface area contributed by atoms with Gasteiger partial charge >= 0.3 is 0 Å². The second-order valence-electron chi connectivity index (χ2n) is 10.1. The van der Waals surface area contributed by atoms with Gasteiger partial charge in [-0.05, 0) is 44.8 Å². The molecular formula is C32H36N2O6. The number of benzene rings is 4. The first-order valence-corrected chi connectivity index (χ1v) is 13.6. The maximum atomic E-state index is 12.7. The molecule has 8 heteroatoms. The SMILES string of the molecule is COC[C@H]1OC(OCc2ccc3ccccc3c2)[C@H](NC(=O)CCN)[C@H](OCc2ccc3ccccc3c2)[C@@H]1O. The Morgan fingerprint density at radius 3 is 2.02 bits per heavy atom. The number of amides is 1. The third-order valence-electron chi connectivity index (χ3n) is 7.19. The van der Waals surface area contributed by atoms with E-state index in [2.05, 4.69) is 29.6 Å². The van der Waals surface area contributed by atoms with Crippen LogP contribution < -0.4 is 11.1 Å². The van der Waals surface area contributed by atoms with Crippen LogP contribution in [0.3, 0.4) is 0 Å². The first-order valence-electron chi connectivity index (χ1n) is 13.6. The van der Waals surface area contributed by atoms with Crippen molar-refractivity contribution in [1.82, 2.24) is 5.32 Å². The number of hydrogen-bond donors (Lipinski definition) is 3. The van der Waals surface area contributed by atoms with E-state index in [0.29, 0.717) is 0 Å². The van der Waals surface area contributed by atoms with Crippen molar-refractivity contribution < 1.29 is 28.8 Å². The third kappa shape index (κ3) is 6.67. The van der Waals surface area contributed by atoms with E-state index in [1.54, 1.807) is 7.11 Å². The zero-order valence-corrected chi connectivity index (χ0v) is 22.6. The predicted molar refractivity (Wildman–Crippen MR) is 153 cm³/mol. The molecule has 0 bridgehead atoms. The fourth-order valence-corrected chi connectivity index (χ4v) is 5.13. The van der Waals surface area contributed by atoms with Gasteiger partial charge in [0.2, 0.25) is 5.91 Å². The second-order valence-corrected chi connectivity index (χ2v) is 10.1. The lowest BCUT2D eigenvalue weighted by Crippen LogP contribution is -2.65. The summed E-state index contributed by atoms with van der Waals surface area (Å²) in [5.74, 6) is -0.271. The highest BCUT2D eigenvalue weighted by Crippen LogP contribution is 2.28. The topological polar surface area (TPSA) is 112 Å².